The fraction of sp³-hybridized carbons (Fsp3) is 0.538. The number of methoxy groups -OCH3 is 1. The zero-order valence-electron chi connectivity index (χ0n) is 12.7. The monoisotopic (exact) mass is 329 g/mol. The molecule has 0 aromatic heterocycles. The van der Waals surface area contributed by atoms with Crippen molar-refractivity contribution < 1.29 is 18.1 Å². The number of hydrogen-bond donors (Lipinski definition) is 0. The second-order valence-electron chi connectivity index (χ2n) is 5.28. The number of ether oxygens (including phenoxy) is 1. The predicted octanol–water partition coefficient (Wildman–Crippen LogP) is 1.07. The summed E-state index contributed by atoms with van der Waals surface area (Å²) in [5.74, 6) is 0.195. The van der Waals surface area contributed by atoms with Crippen LogP contribution in [-0.2, 0) is 10.0 Å². The SMILES string of the molecule is COc1cc(N2CCN(S(C)(=O)=O)[C@@H](C)C2)ccc1[N+](=O)[O-]. The molecule has 2 rings (SSSR count). The molecule has 122 valence electrons. The summed E-state index contributed by atoms with van der Waals surface area (Å²) in [6.07, 6.45) is 1.20. The van der Waals surface area contributed by atoms with Crippen LogP contribution in [0.3, 0.4) is 0 Å². The van der Waals surface area contributed by atoms with Gasteiger partial charge < -0.3 is 9.64 Å². The maximum atomic E-state index is 11.7. The molecule has 0 aliphatic carbocycles. The number of sulfonamides is 1. The summed E-state index contributed by atoms with van der Waals surface area (Å²) >= 11 is 0. The molecule has 0 N–H and O–H groups in total. The number of rotatable bonds is 4. The maximum Gasteiger partial charge on any atom is 0.311 e. The van der Waals surface area contributed by atoms with E-state index in [2.05, 4.69) is 0 Å². The Hall–Kier alpha value is -1.87. The van der Waals surface area contributed by atoms with Crippen LogP contribution in [0.1, 0.15) is 6.92 Å². The summed E-state index contributed by atoms with van der Waals surface area (Å²) in [7, 11) is -1.83. The van der Waals surface area contributed by atoms with Gasteiger partial charge in [0, 0.05) is 43.5 Å². The Morgan fingerprint density at radius 2 is 2.05 bits per heavy atom. The fourth-order valence-corrected chi connectivity index (χ4v) is 3.82. The van der Waals surface area contributed by atoms with Gasteiger partial charge in [-0.2, -0.15) is 4.31 Å². The van der Waals surface area contributed by atoms with Gasteiger partial charge in [-0.25, -0.2) is 8.42 Å². The molecule has 0 radical (unpaired) electrons. The Kier molecular flexibility index (Phi) is 4.57. The highest BCUT2D eigenvalue weighted by Crippen LogP contribution is 2.32. The Morgan fingerprint density at radius 1 is 1.36 bits per heavy atom. The van der Waals surface area contributed by atoms with Crippen LogP contribution < -0.4 is 9.64 Å². The first-order chi connectivity index (χ1) is 10.2. The van der Waals surface area contributed by atoms with Crippen molar-refractivity contribution in [1.29, 1.82) is 0 Å². The van der Waals surface area contributed by atoms with Crippen molar-refractivity contribution in [3.63, 3.8) is 0 Å². The lowest BCUT2D eigenvalue weighted by Crippen LogP contribution is -2.53. The zero-order chi connectivity index (χ0) is 16.5. The smallest absolute Gasteiger partial charge is 0.311 e. The molecule has 1 aliphatic rings. The first-order valence-electron chi connectivity index (χ1n) is 6.78. The molecule has 0 amide bonds. The number of nitrogens with zero attached hydrogens (tertiary/aromatic N) is 3. The van der Waals surface area contributed by atoms with Crippen molar-refractivity contribution in [3.05, 3.63) is 28.3 Å². The van der Waals surface area contributed by atoms with Crippen LogP contribution in [0.5, 0.6) is 5.75 Å². The van der Waals surface area contributed by atoms with Gasteiger partial charge >= 0.3 is 5.69 Å². The summed E-state index contributed by atoms with van der Waals surface area (Å²) < 4.78 is 29.9. The molecule has 1 atom stereocenters. The summed E-state index contributed by atoms with van der Waals surface area (Å²) in [6, 6.07) is 4.51. The Balaban J connectivity index is 2.22. The van der Waals surface area contributed by atoms with E-state index in [4.69, 9.17) is 4.74 Å². The lowest BCUT2D eigenvalue weighted by Gasteiger charge is -2.39. The lowest BCUT2D eigenvalue weighted by molar-refractivity contribution is -0.385. The van der Waals surface area contributed by atoms with Crippen LogP contribution >= 0.6 is 0 Å². The molecule has 0 saturated carbocycles. The molecule has 0 bridgehead atoms. The van der Waals surface area contributed by atoms with E-state index in [0.717, 1.165) is 5.69 Å². The predicted molar refractivity (Wildman–Crippen MR) is 82.9 cm³/mol. The minimum Gasteiger partial charge on any atom is -0.490 e. The zero-order valence-corrected chi connectivity index (χ0v) is 13.5. The van der Waals surface area contributed by atoms with Gasteiger partial charge in [0.2, 0.25) is 10.0 Å². The lowest BCUT2D eigenvalue weighted by atomic mass is 10.2. The fourth-order valence-electron chi connectivity index (χ4n) is 2.68. The number of anilines is 1. The highest BCUT2D eigenvalue weighted by molar-refractivity contribution is 7.88. The van der Waals surface area contributed by atoms with E-state index in [1.165, 1.54) is 23.7 Å². The molecular weight excluding hydrogens is 310 g/mol. The molecule has 1 heterocycles. The van der Waals surface area contributed by atoms with Gasteiger partial charge in [0.25, 0.3) is 0 Å². The maximum absolute atomic E-state index is 11.7. The van der Waals surface area contributed by atoms with Gasteiger partial charge in [-0.3, -0.25) is 10.1 Å². The molecule has 9 heteroatoms. The quantitative estimate of drug-likeness (QED) is 0.606. The van der Waals surface area contributed by atoms with Crippen LogP contribution in [0.2, 0.25) is 0 Å². The Labute approximate surface area is 129 Å². The molecule has 22 heavy (non-hydrogen) atoms. The van der Waals surface area contributed by atoms with Crippen LogP contribution in [0, 0.1) is 10.1 Å². The average molecular weight is 329 g/mol. The van der Waals surface area contributed by atoms with E-state index >= 15 is 0 Å². The van der Waals surface area contributed by atoms with Crippen LogP contribution in [-0.4, -0.2) is 56.7 Å². The molecule has 1 aromatic carbocycles. The van der Waals surface area contributed by atoms with Gasteiger partial charge in [-0.05, 0) is 13.0 Å². The Morgan fingerprint density at radius 3 is 2.55 bits per heavy atom. The van der Waals surface area contributed by atoms with E-state index < -0.39 is 14.9 Å². The van der Waals surface area contributed by atoms with Gasteiger partial charge in [-0.15, -0.1) is 0 Å². The second-order valence-corrected chi connectivity index (χ2v) is 7.22. The third-order valence-electron chi connectivity index (χ3n) is 3.72. The topological polar surface area (TPSA) is 93.0 Å². The summed E-state index contributed by atoms with van der Waals surface area (Å²) in [6.45, 7) is 3.28. The van der Waals surface area contributed by atoms with Crippen molar-refractivity contribution in [3.8, 4) is 5.75 Å². The molecule has 1 aliphatic heterocycles. The number of hydrogen-bond acceptors (Lipinski definition) is 6. The minimum atomic E-state index is -3.22. The molecule has 8 nitrogen and oxygen atoms in total. The average Bonchev–Trinajstić information content (AvgIpc) is 2.44. The molecule has 0 spiro atoms. The third kappa shape index (κ3) is 3.30. The van der Waals surface area contributed by atoms with E-state index in [-0.39, 0.29) is 17.5 Å². The minimum absolute atomic E-state index is 0.0888. The molecular formula is C13H19N3O5S. The summed E-state index contributed by atoms with van der Waals surface area (Å²) in [5.41, 5.74) is 0.691. The number of nitro groups is 1. The van der Waals surface area contributed by atoms with E-state index in [1.54, 1.807) is 12.1 Å². The van der Waals surface area contributed by atoms with E-state index in [0.29, 0.717) is 19.6 Å². The van der Waals surface area contributed by atoms with Gasteiger partial charge in [0.15, 0.2) is 5.75 Å². The number of piperazine rings is 1. The third-order valence-corrected chi connectivity index (χ3v) is 5.11. The Bertz CT molecular complexity index is 676. The largest absolute Gasteiger partial charge is 0.490 e. The van der Waals surface area contributed by atoms with Crippen LogP contribution in [0.15, 0.2) is 18.2 Å². The van der Waals surface area contributed by atoms with Crippen molar-refractivity contribution >= 4 is 21.4 Å². The first-order valence-corrected chi connectivity index (χ1v) is 8.63. The normalized spacial score (nSPS) is 20.0. The van der Waals surface area contributed by atoms with E-state index in [1.807, 2.05) is 11.8 Å². The van der Waals surface area contributed by atoms with Crippen LogP contribution in [0.4, 0.5) is 11.4 Å². The molecule has 1 saturated heterocycles. The number of nitro benzene ring substituents is 1. The highest BCUT2D eigenvalue weighted by atomic mass is 32.2. The van der Waals surface area contributed by atoms with E-state index in [9.17, 15) is 18.5 Å². The van der Waals surface area contributed by atoms with Crippen molar-refractivity contribution in [2.24, 2.45) is 0 Å². The van der Waals surface area contributed by atoms with Crippen molar-refractivity contribution in [2.75, 3.05) is 37.9 Å². The number of benzene rings is 1. The van der Waals surface area contributed by atoms with Gasteiger partial charge in [0.1, 0.15) is 0 Å². The molecule has 1 fully saturated rings. The summed E-state index contributed by atoms with van der Waals surface area (Å²) in [5, 5.41) is 10.9. The summed E-state index contributed by atoms with van der Waals surface area (Å²) in [4.78, 5) is 12.4. The van der Waals surface area contributed by atoms with Crippen molar-refractivity contribution in [1.82, 2.24) is 4.31 Å². The van der Waals surface area contributed by atoms with Crippen molar-refractivity contribution in [2.45, 2.75) is 13.0 Å². The second kappa shape index (κ2) is 6.09. The first kappa shape index (κ1) is 16.5. The highest BCUT2D eigenvalue weighted by Gasteiger charge is 2.30. The van der Waals surface area contributed by atoms with Gasteiger partial charge in [-0.1, -0.05) is 0 Å². The van der Waals surface area contributed by atoms with Gasteiger partial charge in [0.05, 0.1) is 18.3 Å². The molecule has 1 aromatic rings. The van der Waals surface area contributed by atoms with Crippen LogP contribution in [0.25, 0.3) is 0 Å². The molecule has 0 unspecified atom stereocenters. The standard InChI is InChI=1S/C13H19N3O5S/c1-10-9-14(6-7-15(10)22(3,19)20)11-4-5-12(16(17)18)13(8-11)21-2/h4-5,8,10H,6-7,9H2,1-3H3/t10-/m0/s1.